The van der Waals surface area contributed by atoms with Crippen LogP contribution in [0.15, 0.2) is 23.1 Å². The van der Waals surface area contributed by atoms with Crippen molar-refractivity contribution in [3.8, 4) is 0 Å². The van der Waals surface area contributed by atoms with Gasteiger partial charge in [0.25, 0.3) is 0 Å². The lowest BCUT2D eigenvalue weighted by Crippen LogP contribution is -2.51. The van der Waals surface area contributed by atoms with E-state index in [-0.39, 0.29) is 31.6 Å². The molecular weight excluding hydrogens is 388 g/mol. The Morgan fingerprint density at radius 3 is 2.32 bits per heavy atom. The molecule has 1 aromatic rings. The van der Waals surface area contributed by atoms with Crippen molar-refractivity contribution >= 4 is 15.9 Å². The molecule has 9 heteroatoms. The topological polar surface area (TPSA) is 69.7 Å². The van der Waals surface area contributed by atoms with Crippen LogP contribution in [0, 0.1) is 17.6 Å². The molecule has 0 saturated carbocycles. The number of hydrogen-bond acceptors (Lipinski definition) is 4. The predicted octanol–water partition coefficient (Wildman–Crippen LogP) is 2.21. The van der Waals surface area contributed by atoms with E-state index in [4.69, 9.17) is 0 Å². The van der Waals surface area contributed by atoms with E-state index in [9.17, 15) is 22.0 Å². The Labute approximate surface area is 165 Å². The van der Waals surface area contributed by atoms with E-state index in [1.165, 1.54) is 4.31 Å². The SMILES string of the molecule is CC(C)CC[C@H](C)NC(=O)CN1CCN(S(=O)(=O)c2ccc(F)cc2F)CC1. The second-order valence-corrected chi connectivity index (χ2v) is 9.60. The smallest absolute Gasteiger partial charge is 0.246 e. The molecule has 1 aliphatic heterocycles. The standard InChI is InChI=1S/C19H29F2N3O3S/c1-14(2)4-5-15(3)22-19(25)13-23-8-10-24(11-9-23)28(26,27)18-7-6-16(20)12-17(18)21/h6-7,12,14-15H,4-5,8-11,13H2,1-3H3,(H,22,25)/t15-/m0/s1. The maximum Gasteiger partial charge on any atom is 0.246 e. The first-order valence-corrected chi connectivity index (χ1v) is 11.0. The van der Waals surface area contributed by atoms with Gasteiger partial charge in [-0.25, -0.2) is 17.2 Å². The molecule has 1 N–H and O–H groups in total. The van der Waals surface area contributed by atoms with Gasteiger partial charge in [0.05, 0.1) is 6.54 Å². The summed E-state index contributed by atoms with van der Waals surface area (Å²) >= 11 is 0. The highest BCUT2D eigenvalue weighted by Crippen LogP contribution is 2.21. The second-order valence-electron chi connectivity index (χ2n) is 7.69. The van der Waals surface area contributed by atoms with E-state index >= 15 is 0 Å². The highest BCUT2D eigenvalue weighted by molar-refractivity contribution is 7.89. The highest BCUT2D eigenvalue weighted by atomic mass is 32.2. The van der Waals surface area contributed by atoms with Gasteiger partial charge >= 0.3 is 0 Å². The fourth-order valence-electron chi connectivity index (χ4n) is 3.13. The highest BCUT2D eigenvalue weighted by Gasteiger charge is 2.31. The van der Waals surface area contributed by atoms with Crippen molar-refractivity contribution in [3.05, 3.63) is 29.8 Å². The minimum absolute atomic E-state index is 0.0860. The first-order chi connectivity index (χ1) is 13.1. The molecule has 1 fully saturated rings. The van der Waals surface area contributed by atoms with Gasteiger partial charge in [0, 0.05) is 38.3 Å². The molecule has 0 spiro atoms. The first-order valence-electron chi connectivity index (χ1n) is 9.56. The molecule has 0 aliphatic carbocycles. The number of benzene rings is 1. The molecule has 158 valence electrons. The Bertz CT molecular complexity index is 779. The van der Waals surface area contributed by atoms with E-state index < -0.39 is 26.6 Å². The largest absolute Gasteiger partial charge is 0.353 e. The van der Waals surface area contributed by atoms with Crippen molar-refractivity contribution in [3.63, 3.8) is 0 Å². The summed E-state index contributed by atoms with van der Waals surface area (Å²) in [7, 11) is -4.03. The van der Waals surface area contributed by atoms with E-state index in [0.717, 1.165) is 25.0 Å². The van der Waals surface area contributed by atoms with Gasteiger partial charge in [-0.15, -0.1) is 0 Å². The number of amides is 1. The zero-order valence-electron chi connectivity index (χ0n) is 16.6. The summed E-state index contributed by atoms with van der Waals surface area (Å²) in [6.07, 6.45) is 1.95. The number of nitrogens with zero attached hydrogens (tertiary/aromatic N) is 2. The molecule has 1 amide bonds. The molecule has 1 aliphatic rings. The third-order valence-electron chi connectivity index (χ3n) is 4.79. The number of piperazine rings is 1. The minimum Gasteiger partial charge on any atom is -0.353 e. The van der Waals surface area contributed by atoms with Crippen LogP contribution in [-0.4, -0.2) is 62.3 Å². The summed E-state index contributed by atoms with van der Waals surface area (Å²) in [5, 5.41) is 2.97. The minimum atomic E-state index is -4.03. The summed E-state index contributed by atoms with van der Waals surface area (Å²) in [6.45, 7) is 7.49. The summed E-state index contributed by atoms with van der Waals surface area (Å²) in [6, 6.07) is 2.53. The number of sulfonamides is 1. The number of rotatable bonds is 8. The number of halogens is 2. The molecule has 1 saturated heterocycles. The number of carbonyl (C=O) groups excluding carboxylic acids is 1. The number of hydrogen-bond donors (Lipinski definition) is 1. The van der Waals surface area contributed by atoms with Gasteiger partial charge in [-0.05, 0) is 37.8 Å². The molecule has 1 heterocycles. The van der Waals surface area contributed by atoms with Crippen LogP contribution >= 0.6 is 0 Å². The van der Waals surface area contributed by atoms with Gasteiger partial charge in [-0.1, -0.05) is 13.8 Å². The second kappa shape index (κ2) is 9.76. The van der Waals surface area contributed by atoms with Gasteiger partial charge < -0.3 is 5.32 Å². The van der Waals surface area contributed by atoms with Gasteiger partial charge in [-0.2, -0.15) is 4.31 Å². The Kier molecular flexibility index (Phi) is 7.91. The molecular formula is C19H29F2N3O3S. The fraction of sp³-hybridized carbons (Fsp3) is 0.632. The third-order valence-corrected chi connectivity index (χ3v) is 6.73. The maximum atomic E-state index is 13.9. The number of nitrogens with one attached hydrogen (secondary N) is 1. The van der Waals surface area contributed by atoms with Crippen molar-refractivity contribution in [2.75, 3.05) is 32.7 Å². The average molecular weight is 418 g/mol. The predicted molar refractivity (Wildman–Crippen MR) is 103 cm³/mol. The normalized spacial score (nSPS) is 17.6. The maximum absolute atomic E-state index is 13.9. The fourth-order valence-corrected chi connectivity index (χ4v) is 4.60. The Morgan fingerprint density at radius 1 is 1.11 bits per heavy atom. The Morgan fingerprint density at radius 2 is 1.75 bits per heavy atom. The molecule has 2 rings (SSSR count). The van der Waals surface area contributed by atoms with Crippen LogP contribution in [0.25, 0.3) is 0 Å². The van der Waals surface area contributed by atoms with Crippen LogP contribution in [0.4, 0.5) is 8.78 Å². The van der Waals surface area contributed by atoms with Gasteiger partial charge in [0.2, 0.25) is 15.9 Å². The summed E-state index contributed by atoms with van der Waals surface area (Å²) in [5.41, 5.74) is 0. The lowest BCUT2D eigenvalue weighted by Gasteiger charge is -2.33. The van der Waals surface area contributed by atoms with E-state index in [2.05, 4.69) is 19.2 Å². The van der Waals surface area contributed by atoms with Gasteiger partial charge in [-0.3, -0.25) is 9.69 Å². The van der Waals surface area contributed by atoms with Crippen molar-refractivity contribution in [2.45, 2.75) is 44.6 Å². The lowest BCUT2D eigenvalue weighted by atomic mass is 10.0. The zero-order chi connectivity index (χ0) is 20.9. The van der Waals surface area contributed by atoms with Crippen molar-refractivity contribution < 1.29 is 22.0 Å². The van der Waals surface area contributed by atoms with E-state index in [1.54, 1.807) is 0 Å². The molecule has 0 unspecified atom stereocenters. The van der Waals surface area contributed by atoms with Crippen molar-refractivity contribution in [1.82, 2.24) is 14.5 Å². The lowest BCUT2D eigenvalue weighted by molar-refractivity contribution is -0.123. The number of carbonyl (C=O) groups is 1. The monoisotopic (exact) mass is 417 g/mol. The molecule has 0 aromatic heterocycles. The summed E-state index contributed by atoms with van der Waals surface area (Å²) in [5.74, 6) is -1.43. The molecule has 28 heavy (non-hydrogen) atoms. The van der Waals surface area contributed by atoms with Crippen LogP contribution < -0.4 is 5.32 Å². The van der Waals surface area contributed by atoms with Crippen LogP contribution in [-0.2, 0) is 14.8 Å². The van der Waals surface area contributed by atoms with Gasteiger partial charge in [0.1, 0.15) is 16.5 Å². The quantitative estimate of drug-likeness (QED) is 0.704. The average Bonchev–Trinajstić information content (AvgIpc) is 2.60. The summed E-state index contributed by atoms with van der Waals surface area (Å²) < 4.78 is 53.3. The van der Waals surface area contributed by atoms with Crippen LogP contribution in [0.2, 0.25) is 0 Å². The molecule has 1 aromatic carbocycles. The van der Waals surface area contributed by atoms with Crippen LogP contribution in [0.3, 0.4) is 0 Å². The first kappa shape index (κ1) is 22.7. The zero-order valence-corrected chi connectivity index (χ0v) is 17.4. The molecule has 1 atom stereocenters. The van der Waals surface area contributed by atoms with Crippen molar-refractivity contribution in [2.24, 2.45) is 5.92 Å². The molecule has 0 radical (unpaired) electrons. The van der Waals surface area contributed by atoms with Crippen LogP contribution in [0.5, 0.6) is 0 Å². The van der Waals surface area contributed by atoms with E-state index in [0.29, 0.717) is 25.1 Å². The third kappa shape index (κ3) is 6.22. The Hall–Kier alpha value is -1.58. The van der Waals surface area contributed by atoms with Crippen molar-refractivity contribution in [1.29, 1.82) is 0 Å². The van der Waals surface area contributed by atoms with Crippen LogP contribution in [0.1, 0.15) is 33.6 Å². The molecule has 6 nitrogen and oxygen atoms in total. The van der Waals surface area contributed by atoms with E-state index in [1.807, 2.05) is 11.8 Å². The van der Waals surface area contributed by atoms with Gasteiger partial charge in [0.15, 0.2) is 0 Å². The molecule has 0 bridgehead atoms. The summed E-state index contributed by atoms with van der Waals surface area (Å²) in [4.78, 5) is 13.5. The Balaban J connectivity index is 1.86.